The van der Waals surface area contributed by atoms with E-state index in [2.05, 4.69) is 66.5 Å². The molecule has 1 unspecified atom stereocenters. The van der Waals surface area contributed by atoms with Crippen LogP contribution in [0.1, 0.15) is 19.3 Å². The van der Waals surface area contributed by atoms with Gasteiger partial charge in [0, 0.05) is 0 Å². The fraction of sp³-hybridized carbons (Fsp3) is 0.467. The van der Waals surface area contributed by atoms with Gasteiger partial charge in [-0.3, -0.25) is 0 Å². The molecule has 0 N–H and O–H groups in total. The van der Waals surface area contributed by atoms with E-state index < -0.39 is 0 Å². The average Bonchev–Trinajstić information content (AvgIpc) is 2.45. The van der Waals surface area contributed by atoms with E-state index in [0.717, 1.165) is 10.1 Å². The van der Waals surface area contributed by atoms with Gasteiger partial charge in [0.1, 0.15) is 0 Å². The largest absolute Gasteiger partial charge is 0.148 e. The molecule has 1 aliphatic rings. The first kappa shape index (κ1) is 14.3. The van der Waals surface area contributed by atoms with Gasteiger partial charge >= 0.3 is 0 Å². The van der Waals surface area contributed by atoms with Gasteiger partial charge < -0.3 is 0 Å². The molecule has 1 saturated heterocycles. The maximum absolute atomic E-state index is 3.89. The highest BCUT2D eigenvalue weighted by Crippen LogP contribution is 2.40. The van der Waals surface area contributed by atoms with Crippen LogP contribution in [-0.4, -0.2) is 25.6 Å². The minimum absolute atomic E-state index is 0.152. The lowest BCUT2D eigenvalue weighted by molar-refractivity contribution is 0.792. The third-order valence-electron chi connectivity index (χ3n) is 3.32. The number of rotatable bonds is 6. The summed E-state index contributed by atoms with van der Waals surface area (Å²) >= 11 is 4.41. The maximum Gasteiger partial charge on any atom is 0.0598 e. The molecule has 3 heteroatoms. The summed E-state index contributed by atoms with van der Waals surface area (Å²) in [6.45, 7) is 3.89. The van der Waals surface area contributed by atoms with Crippen LogP contribution in [0, 0.1) is 0 Å². The minimum atomic E-state index is -0.152. The summed E-state index contributed by atoms with van der Waals surface area (Å²) in [5, 5.41) is 1.62. The summed E-state index contributed by atoms with van der Waals surface area (Å²) in [6.07, 6.45) is 6.01. The molecule has 0 aliphatic carbocycles. The van der Waals surface area contributed by atoms with Gasteiger partial charge in [-0.05, 0) is 36.3 Å². The van der Waals surface area contributed by atoms with Crippen molar-refractivity contribution in [2.75, 3.05) is 11.5 Å². The molecule has 1 heterocycles. The SMILES string of the molecule is C=CCCC([SiH2]c1ccccc1)C1SCCCS1. The van der Waals surface area contributed by atoms with Crippen LogP contribution in [0.2, 0.25) is 5.54 Å². The highest BCUT2D eigenvalue weighted by molar-refractivity contribution is 8.17. The molecule has 0 aromatic heterocycles. The van der Waals surface area contributed by atoms with E-state index in [9.17, 15) is 0 Å². The topological polar surface area (TPSA) is 0 Å². The summed E-state index contributed by atoms with van der Waals surface area (Å²) in [6, 6.07) is 11.2. The zero-order valence-electron chi connectivity index (χ0n) is 10.9. The van der Waals surface area contributed by atoms with Crippen LogP contribution in [0.4, 0.5) is 0 Å². The Bertz CT molecular complexity index is 347. The zero-order valence-corrected chi connectivity index (χ0v) is 13.9. The summed E-state index contributed by atoms with van der Waals surface area (Å²) in [5.74, 6) is 2.73. The van der Waals surface area contributed by atoms with Crippen molar-refractivity contribution in [3.8, 4) is 0 Å². The van der Waals surface area contributed by atoms with E-state index in [1.54, 1.807) is 5.19 Å². The molecule has 2 rings (SSSR count). The first-order chi connectivity index (χ1) is 8.90. The van der Waals surface area contributed by atoms with Gasteiger partial charge in [0.25, 0.3) is 0 Å². The van der Waals surface area contributed by atoms with Gasteiger partial charge in [0.05, 0.1) is 14.1 Å². The Morgan fingerprint density at radius 3 is 2.67 bits per heavy atom. The number of hydrogen-bond acceptors (Lipinski definition) is 2. The number of thioether (sulfide) groups is 2. The molecule has 1 atom stereocenters. The van der Waals surface area contributed by atoms with Gasteiger partial charge in [-0.2, -0.15) is 0 Å². The number of allylic oxidation sites excluding steroid dienone is 1. The average molecular weight is 295 g/mol. The standard InChI is InChI=1S/C15H22S2Si/c1-2-3-10-14(15-16-11-7-12-17-15)18-13-8-5-4-6-9-13/h2,4-6,8-9,14-15H,1,3,7,10-12,18H2. The highest BCUT2D eigenvalue weighted by Gasteiger charge is 2.24. The quantitative estimate of drug-likeness (QED) is 0.582. The van der Waals surface area contributed by atoms with Crippen molar-refractivity contribution in [3.63, 3.8) is 0 Å². The molecule has 1 aliphatic heterocycles. The van der Waals surface area contributed by atoms with Crippen LogP contribution >= 0.6 is 23.5 Å². The molecule has 0 spiro atoms. The Labute approximate surface area is 122 Å². The number of benzene rings is 1. The predicted molar refractivity (Wildman–Crippen MR) is 91.1 cm³/mol. The fourth-order valence-electron chi connectivity index (χ4n) is 2.36. The molecule has 0 nitrogen and oxygen atoms in total. The van der Waals surface area contributed by atoms with Crippen molar-refractivity contribution in [3.05, 3.63) is 43.0 Å². The molecule has 1 fully saturated rings. The fourth-order valence-corrected chi connectivity index (χ4v) is 8.59. The lowest BCUT2D eigenvalue weighted by atomic mass is 10.2. The van der Waals surface area contributed by atoms with Crippen LogP contribution in [0.5, 0.6) is 0 Å². The zero-order chi connectivity index (χ0) is 12.6. The van der Waals surface area contributed by atoms with E-state index in [4.69, 9.17) is 0 Å². The molecular weight excluding hydrogens is 272 g/mol. The van der Waals surface area contributed by atoms with Crippen molar-refractivity contribution in [2.24, 2.45) is 0 Å². The second-order valence-electron chi connectivity index (χ2n) is 4.78. The minimum Gasteiger partial charge on any atom is -0.148 e. The molecule has 0 saturated carbocycles. The van der Waals surface area contributed by atoms with Crippen molar-refractivity contribution < 1.29 is 0 Å². The molecule has 0 bridgehead atoms. The summed E-state index contributed by atoms with van der Waals surface area (Å²) in [7, 11) is -0.152. The monoisotopic (exact) mass is 294 g/mol. The van der Waals surface area contributed by atoms with Crippen LogP contribution in [0.3, 0.4) is 0 Å². The second-order valence-corrected chi connectivity index (χ2v) is 9.85. The highest BCUT2D eigenvalue weighted by atomic mass is 32.2. The van der Waals surface area contributed by atoms with Gasteiger partial charge in [-0.15, -0.1) is 30.1 Å². The smallest absolute Gasteiger partial charge is 0.0598 e. The predicted octanol–water partition coefficient (Wildman–Crippen LogP) is 3.43. The van der Waals surface area contributed by atoms with Crippen LogP contribution in [0.25, 0.3) is 0 Å². The van der Waals surface area contributed by atoms with Crippen LogP contribution in [-0.2, 0) is 0 Å². The summed E-state index contributed by atoms with van der Waals surface area (Å²) in [4.78, 5) is 0. The molecule has 1 aromatic rings. The Hall–Kier alpha value is -0.123. The van der Waals surface area contributed by atoms with Crippen molar-refractivity contribution in [1.29, 1.82) is 0 Å². The Balaban J connectivity index is 1.97. The van der Waals surface area contributed by atoms with Crippen molar-refractivity contribution in [1.82, 2.24) is 0 Å². The molecular formula is C15H22S2Si. The Kier molecular flexibility index (Phi) is 6.45. The van der Waals surface area contributed by atoms with E-state index in [1.165, 1.54) is 30.8 Å². The van der Waals surface area contributed by atoms with Crippen LogP contribution in [0.15, 0.2) is 43.0 Å². The van der Waals surface area contributed by atoms with Crippen molar-refractivity contribution in [2.45, 2.75) is 29.4 Å². The molecule has 0 amide bonds. The normalized spacial score (nSPS) is 19.1. The lowest BCUT2D eigenvalue weighted by Gasteiger charge is -2.29. The number of hydrogen-bond donors (Lipinski definition) is 0. The van der Waals surface area contributed by atoms with Gasteiger partial charge in [0.2, 0.25) is 0 Å². The Morgan fingerprint density at radius 2 is 2.00 bits per heavy atom. The lowest BCUT2D eigenvalue weighted by Crippen LogP contribution is -2.26. The third-order valence-corrected chi connectivity index (χ3v) is 9.64. The van der Waals surface area contributed by atoms with Crippen LogP contribution < -0.4 is 5.19 Å². The third kappa shape index (κ3) is 4.52. The molecule has 0 radical (unpaired) electrons. The first-order valence-electron chi connectivity index (χ1n) is 6.78. The molecule has 18 heavy (non-hydrogen) atoms. The first-order valence-corrected chi connectivity index (χ1v) is 10.4. The Morgan fingerprint density at radius 1 is 1.28 bits per heavy atom. The van der Waals surface area contributed by atoms with Crippen molar-refractivity contribution >= 4 is 38.2 Å². The van der Waals surface area contributed by atoms with Gasteiger partial charge in [-0.1, -0.05) is 41.6 Å². The van der Waals surface area contributed by atoms with E-state index in [0.29, 0.717) is 0 Å². The molecule has 98 valence electrons. The van der Waals surface area contributed by atoms with Gasteiger partial charge in [-0.25, -0.2) is 0 Å². The van der Waals surface area contributed by atoms with E-state index in [-0.39, 0.29) is 9.52 Å². The van der Waals surface area contributed by atoms with E-state index in [1.807, 2.05) is 0 Å². The van der Waals surface area contributed by atoms with Gasteiger partial charge in [0.15, 0.2) is 0 Å². The van der Waals surface area contributed by atoms with E-state index >= 15 is 0 Å². The second kappa shape index (κ2) is 8.13. The summed E-state index contributed by atoms with van der Waals surface area (Å²) < 4.78 is 0.852. The maximum atomic E-state index is 3.89. The molecule has 1 aromatic carbocycles. The summed E-state index contributed by atoms with van der Waals surface area (Å²) in [5.41, 5.74) is 0.931.